The quantitative estimate of drug-likeness (QED) is 0.378. The van der Waals surface area contributed by atoms with E-state index in [1.807, 2.05) is 0 Å². The van der Waals surface area contributed by atoms with Crippen molar-refractivity contribution in [1.82, 2.24) is 0 Å². The summed E-state index contributed by atoms with van der Waals surface area (Å²) in [4.78, 5) is 41.2. The second kappa shape index (κ2) is 18.2. The van der Waals surface area contributed by atoms with Crippen molar-refractivity contribution in [1.29, 1.82) is 0 Å². The molecular weight excluding hydrogens is 332 g/mol. The standard InChI is InChI=1S/C11H20O4.C6H10O4/c1-15-11(14)9-7-5-3-2-4-6-8-10(12)13;1-10-6(9)4-2-3-5(7)8/h2-9H2,1H3,(H,12,13);2-4H2,1H3,(H,7,8). The minimum atomic E-state index is -0.885. The van der Waals surface area contributed by atoms with Gasteiger partial charge in [0.1, 0.15) is 0 Å². The van der Waals surface area contributed by atoms with E-state index in [-0.39, 0.29) is 31.2 Å². The van der Waals surface area contributed by atoms with E-state index in [1.54, 1.807) is 0 Å². The van der Waals surface area contributed by atoms with E-state index in [0.29, 0.717) is 12.8 Å². The number of carbonyl (C=O) groups is 4. The number of carbonyl (C=O) groups excluding carboxylic acids is 2. The van der Waals surface area contributed by atoms with Crippen molar-refractivity contribution in [3.05, 3.63) is 0 Å². The number of ether oxygens (including phenoxy) is 2. The average Bonchev–Trinajstić information content (AvgIpc) is 2.56. The number of methoxy groups -OCH3 is 2. The summed E-state index contributed by atoms with van der Waals surface area (Å²) in [5.41, 5.74) is 0. The Morgan fingerprint density at radius 1 is 0.560 bits per heavy atom. The Morgan fingerprint density at radius 3 is 1.28 bits per heavy atom. The topological polar surface area (TPSA) is 127 Å². The molecule has 0 rings (SSSR count). The van der Waals surface area contributed by atoms with Gasteiger partial charge >= 0.3 is 23.9 Å². The molecule has 0 spiro atoms. The van der Waals surface area contributed by atoms with Crippen LogP contribution in [0.3, 0.4) is 0 Å². The highest BCUT2D eigenvalue weighted by Crippen LogP contribution is 2.08. The van der Waals surface area contributed by atoms with Crippen molar-refractivity contribution in [3.8, 4) is 0 Å². The summed E-state index contributed by atoms with van der Waals surface area (Å²) in [5.74, 6) is -2.12. The summed E-state index contributed by atoms with van der Waals surface area (Å²) in [6.45, 7) is 0. The van der Waals surface area contributed by atoms with Gasteiger partial charge in [0.05, 0.1) is 14.2 Å². The summed E-state index contributed by atoms with van der Waals surface area (Å²) in [6.07, 6.45) is 7.03. The Labute approximate surface area is 148 Å². The molecule has 2 N–H and O–H groups in total. The molecule has 0 aliphatic heterocycles. The van der Waals surface area contributed by atoms with Gasteiger partial charge in [-0.3, -0.25) is 19.2 Å². The van der Waals surface area contributed by atoms with Gasteiger partial charge in [0.15, 0.2) is 0 Å². The van der Waals surface area contributed by atoms with Crippen LogP contribution in [-0.2, 0) is 28.7 Å². The van der Waals surface area contributed by atoms with E-state index < -0.39 is 11.9 Å². The normalized spacial score (nSPS) is 9.52. The van der Waals surface area contributed by atoms with Crippen molar-refractivity contribution in [3.63, 3.8) is 0 Å². The maximum atomic E-state index is 10.7. The Balaban J connectivity index is 0. The van der Waals surface area contributed by atoms with Gasteiger partial charge in [0, 0.05) is 25.7 Å². The molecule has 0 saturated heterocycles. The van der Waals surface area contributed by atoms with Crippen LogP contribution in [0.1, 0.15) is 70.6 Å². The SMILES string of the molecule is COC(=O)CCCC(=O)O.COC(=O)CCCCCCCCC(=O)O. The van der Waals surface area contributed by atoms with Gasteiger partial charge < -0.3 is 19.7 Å². The summed E-state index contributed by atoms with van der Waals surface area (Å²) in [5, 5.41) is 16.5. The predicted octanol–water partition coefficient (Wildman–Crippen LogP) is 2.78. The number of unbranched alkanes of at least 4 members (excludes halogenated alkanes) is 5. The third-order valence-electron chi connectivity index (χ3n) is 3.25. The molecule has 0 aromatic carbocycles. The van der Waals surface area contributed by atoms with Gasteiger partial charge in [-0.1, -0.05) is 25.7 Å². The molecule has 0 aliphatic carbocycles. The van der Waals surface area contributed by atoms with Gasteiger partial charge in [-0.15, -0.1) is 0 Å². The molecule has 8 heteroatoms. The highest BCUT2D eigenvalue weighted by Gasteiger charge is 2.02. The molecule has 0 amide bonds. The molecule has 0 heterocycles. The number of hydrogen-bond acceptors (Lipinski definition) is 6. The number of hydrogen-bond donors (Lipinski definition) is 2. The van der Waals surface area contributed by atoms with Crippen LogP contribution in [0.4, 0.5) is 0 Å². The minimum Gasteiger partial charge on any atom is -0.481 e. The smallest absolute Gasteiger partial charge is 0.305 e. The third kappa shape index (κ3) is 24.3. The van der Waals surface area contributed by atoms with E-state index in [1.165, 1.54) is 14.2 Å². The second-order valence-electron chi connectivity index (χ2n) is 5.41. The summed E-state index contributed by atoms with van der Waals surface area (Å²) in [6, 6.07) is 0. The van der Waals surface area contributed by atoms with Crippen LogP contribution >= 0.6 is 0 Å². The minimum absolute atomic E-state index is 0.0229. The van der Waals surface area contributed by atoms with Crippen LogP contribution in [0.2, 0.25) is 0 Å². The first-order valence-corrected chi connectivity index (χ1v) is 8.40. The zero-order valence-corrected chi connectivity index (χ0v) is 15.1. The molecule has 25 heavy (non-hydrogen) atoms. The first-order valence-electron chi connectivity index (χ1n) is 8.40. The van der Waals surface area contributed by atoms with Gasteiger partial charge in [0.25, 0.3) is 0 Å². The predicted molar refractivity (Wildman–Crippen MR) is 90.1 cm³/mol. The molecule has 146 valence electrons. The molecule has 0 unspecified atom stereocenters. The zero-order chi connectivity index (χ0) is 19.5. The van der Waals surface area contributed by atoms with Crippen molar-refractivity contribution in [2.45, 2.75) is 70.6 Å². The monoisotopic (exact) mass is 362 g/mol. The number of esters is 2. The van der Waals surface area contributed by atoms with Crippen molar-refractivity contribution >= 4 is 23.9 Å². The Bertz CT molecular complexity index is 392. The second-order valence-corrected chi connectivity index (χ2v) is 5.41. The fourth-order valence-corrected chi connectivity index (χ4v) is 1.84. The van der Waals surface area contributed by atoms with Crippen LogP contribution in [0.5, 0.6) is 0 Å². The molecule has 8 nitrogen and oxygen atoms in total. The van der Waals surface area contributed by atoms with E-state index in [2.05, 4.69) is 9.47 Å². The van der Waals surface area contributed by atoms with Gasteiger partial charge in [0.2, 0.25) is 0 Å². The molecule has 0 aliphatic rings. The van der Waals surface area contributed by atoms with E-state index in [4.69, 9.17) is 10.2 Å². The molecular formula is C17H30O8. The lowest BCUT2D eigenvalue weighted by Crippen LogP contribution is -2.02. The van der Waals surface area contributed by atoms with Crippen LogP contribution in [0.25, 0.3) is 0 Å². The summed E-state index contributed by atoms with van der Waals surface area (Å²) < 4.78 is 8.82. The van der Waals surface area contributed by atoms with E-state index in [9.17, 15) is 19.2 Å². The molecule has 0 bridgehead atoms. The fraction of sp³-hybridized carbons (Fsp3) is 0.765. The van der Waals surface area contributed by atoms with Crippen LogP contribution in [0.15, 0.2) is 0 Å². The fourth-order valence-electron chi connectivity index (χ4n) is 1.84. The lowest BCUT2D eigenvalue weighted by Gasteiger charge is -2.00. The highest BCUT2D eigenvalue weighted by atomic mass is 16.5. The maximum Gasteiger partial charge on any atom is 0.305 e. The van der Waals surface area contributed by atoms with Crippen LogP contribution in [0, 0.1) is 0 Å². The Kier molecular flexibility index (Phi) is 18.3. The number of carboxylic acids is 2. The number of aliphatic carboxylic acids is 2. The van der Waals surface area contributed by atoms with Gasteiger partial charge in [-0.05, 0) is 19.3 Å². The van der Waals surface area contributed by atoms with E-state index in [0.717, 1.165) is 38.5 Å². The maximum absolute atomic E-state index is 10.7. The molecule has 0 atom stereocenters. The van der Waals surface area contributed by atoms with E-state index >= 15 is 0 Å². The third-order valence-corrected chi connectivity index (χ3v) is 3.25. The van der Waals surface area contributed by atoms with Crippen LogP contribution < -0.4 is 0 Å². The molecule has 0 fully saturated rings. The van der Waals surface area contributed by atoms with Gasteiger partial charge in [-0.25, -0.2) is 0 Å². The molecule has 0 radical (unpaired) electrons. The molecule has 0 aromatic rings. The highest BCUT2D eigenvalue weighted by molar-refractivity contribution is 5.71. The first-order chi connectivity index (χ1) is 11.8. The molecule has 0 saturated carbocycles. The van der Waals surface area contributed by atoms with Crippen molar-refractivity contribution in [2.75, 3.05) is 14.2 Å². The van der Waals surface area contributed by atoms with Gasteiger partial charge in [-0.2, -0.15) is 0 Å². The van der Waals surface area contributed by atoms with Crippen molar-refractivity contribution in [2.24, 2.45) is 0 Å². The van der Waals surface area contributed by atoms with Crippen molar-refractivity contribution < 1.29 is 38.9 Å². The first kappa shape index (κ1) is 25.1. The Hall–Kier alpha value is -2.12. The average molecular weight is 362 g/mol. The Morgan fingerprint density at radius 2 is 0.880 bits per heavy atom. The number of rotatable bonds is 13. The number of carboxylic acid groups (broad SMARTS) is 2. The lowest BCUT2D eigenvalue weighted by atomic mass is 10.1. The molecule has 0 aromatic heterocycles. The largest absolute Gasteiger partial charge is 0.481 e. The zero-order valence-electron chi connectivity index (χ0n) is 15.1. The van der Waals surface area contributed by atoms with Crippen LogP contribution in [-0.4, -0.2) is 48.3 Å². The lowest BCUT2D eigenvalue weighted by molar-refractivity contribution is -0.142. The summed E-state index contributed by atoms with van der Waals surface area (Å²) >= 11 is 0. The summed E-state index contributed by atoms with van der Waals surface area (Å²) in [7, 11) is 2.68.